The molecular formula is C9H11BrN2O4S. The minimum absolute atomic E-state index is 0.0241. The number of halogens is 1. The van der Waals surface area contributed by atoms with Crippen molar-refractivity contribution in [3.8, 4) is 0 Å². The van der Waals surface area contributed by atoms with Crippen molar-refractivity contribution in [2.24, 2.45) is 0 Å². The molecule has 0 radical (unpaired) electrons. The van der Waals surface area contributed by atoms with Crippen LogP contribution in [0.25, 0.3) is 0 Å². The molecule has 17 heavy (non-hydrogen) atoms. The van der Waals surface area contributed by atoms with Gasteiger partial charge in [0, 0.05) is 0 Å². The van der Waals surface area contributed by atoms with Crippen LogP contribution in [0.2, 0.25) is 0 Å². The van der Waals surface area contributed by atoms with Gasteiger partial charge >= 0.3 is 12.1 Å². The fraction of sp³-hybridized carbons (Fsp3) is 0.444. The van der Waals surface area contributed by atoms with Gasteiger partial charge in [0.05, 0.1) is 0 Å². The fourth-order valence-corrected chi connectivity index (χ4v) is 2.27. The van der Waals surface area contributed by atoms with Crippen molar-refractivity contribution in [2.45, 2.75) is 26.4 Å². The Kier molecular flexibility index (Phi) is 4.10. The van der Waals surface area contributed by atoms with Crippen LogP contribution in [0.4, 0.5) is 9.93 Å². The number of anilines is 1. The molecule has 0 bridgehead atoms. The van der Waals surface area contributed by atoms with E-state index >= 15 is 0 Å². The maximum absolute atomic E-state index is 11.4. The number of carbonyl (C=O) groups excluding carboxylic acids is 1. The van der Waals surface area contributed by atoms with Gasteiger partial charge in [0.15, 0.2) is 5.13 Å². The second-order valence-corrected chi connectivity index (χ2v) is 5.82. The average Bonchev–Trinajstić information content (AvgIpc) is 2.42. The highest BCUT2D eigenvalue weighted by Crippen LogP contribution is 2.27. The molecule has 2 N–H and O–H groups in total. The van der Waals surface area contributed by atoms with Crippen LogP contribution in [-0.2, 0) is 4.74 Å². The van der Waals surface area contributed by atoms with Gasteiger partial charge < -0.3 is 9.84 Å². The number of amides is 1. The number of ether oxygens (including phenoxy) is 1. The van der Waals surface area contributed by atoms with Gasteiger partial charge in [-0.15, -0.1) is 0 Å². The quantitative estimate of drug-likeness (QED) is 0.873. The molecule has 0 atom stereocenters. The molecule has 1 aromatic rings. The standard InChI is InChI=1S/C9H11BrN2O4S/c1-9(2,3)16-8(15)12-7-11-5(10)4(17-7)6(13)14/h1-3H3,(H,13,14)(H,11,12,15). The van der Waals surface area contributed by atoms with E-state index in [2.05, 4.69) is 26.2 Å². The van der Waals surface area contributed by atoms with Gasteiger partial charge in [0.1, 0.15) is 15.1 Å². The Morgan fingerprint density at radius 3 is 2.47 bits per heavy atom. The fourth-order valence-electron chi connectivity index (χ4n) is 0.878. The van der Waals surface area contributed by atoms with E-state index in [1.807, 2.05) is 0 Å². The number of aromatic nitrogens is 1. The van der Waals surface area contributed by atoms with Gasteiger partial charge in [0.2, 0.25) is 0 Å². The highest BCUT2D eigenvalue weighted by Gasteiger charge is 2.20. The normalized spacial score (nSPS) is 11.1. The third-order valence-corrected chi connectivity index (χ3v) is 3.18. The molecule has 8 heteroatoms. The van der Waals surface area contributed by atoms with Crippen LogP contribution >= 0.6 is 27.3 Å². The summed E-state index contributed by atoms with van der Waals surface area (Å²) in [5.74, 6) is -1.10. The molecule has 1 heterocycles. The average molecular weight is 323 g/mol. The number of thiazole rings is 1. The molecule has 0 aliphatic rings. The molecule has 0 aromatic carbocycles. The molecule has 1 aromatic heterocycles. The molecule has 0 spiro atoms. The summed E-state index contributed by atoms with van der Waals surface area (Å²) < 4.78 is 5.19. The van der Waals surface area contributed by atoms with Crippen LogP contribution in [0.1, 0.15) is 30.4 Å². The largest absolute Gasteiger partial charge is 0.477 e. The topological polar surface area (TPSA) is 88.5 Å². The van der Waals surface area contributed by atoms with Crippen LogP contribution in [0, 0.1) is 0 Å². The molecule has 1 amide bonds. The van der Waals surface area contributed by atoms with Gasteiger partial charge in [-0.25, -0.2) is 14.6 Å². The highest BCUT2D eigenvalue weighted by atomic mass is 79.9. The van der Waals surface area contributed by atoms with Crippen molar-refractivity contribution in [1.82, 2.24) is 4.98 Å². The first-order valence-corrected chi connectivity index (χ1v) is 6.19. The number of hydrogen-bond acceptors (Lipinski definition) is 5. The lowest BCUT2D eigenvalue weighted by Crippen LogP contribution is -2.27. The summed E-state index contributed by atoms with van der Waals surface area (Å²) in [6.07, 6.45) is -0.671. The molecule has 0 unspecified atom stereocenters. The zero-order valence-electron chi connectivity index (χ0n) is 9.41. The van der Waals surface area contributed by atoms with E-state index in [1.165, 1.54) is 0 Å². The summed E-state index contributed by atoms with van der Waals surface area (Å²) in [4.78, 5) is 26.0. The molecule has 0 saturated carbocycles. The molecule has 0 aliphatic heterocycles. The maximum Gasteiger partial charge on any atom is 0.413 e. The second-order valence-electron chi connectivity index (χ2n) is 4.07. The van der Waals surface area contributed by atoms with Gasteiger partial charge in [-0.05, 0) is 36.7 Å². The van der Waals surface area contributed by atoms with E-state index in [1.54, 1.807) is 20.8 Å². The van der Waals surface area contributed by atoms with Crippen molar-refractivity contribution in [3.63, 3.8) is 0 Å². The first kappa shape index (κ1) is 13.9. The van der Waals surface area contributed by atoms with Gasteiger partial charge in [-0.2, -0.15) is 0 Å². The summed E-state index contributed by atoms with van der Waals surface area (Å²) in [5, 5.41) is 11.3. The Morgan fingerprint density at radius 1 is 1.47 bits per heavy atom. The summed E-state index contributed by atoms with van der Waals surface area (Å²) in [6.45, 7) is 5.19. The van der Waals surface area contributed by atoms with E-state index in [4.69, 9.17) is 9.84 Å². The van der Waals surface area contributed by atoms with Crippen molar-refractivity contribution < 1.29 is 19.4 Å². The van der Waals surface area contributed by atoms with Gasteiger partial charge in [-0.3, -0.25) is 5.32 Å². The minimum atomic E-state index is -1.10. The number of carboxylic acids is 1. The van der Waals surface area contributed by atoms with Crippen molar-refractivity contribution in [1.29, 1.82) is 0 Å². The highest BCUT2D eigenvalue weighted by molar-refractivity contribution is 9.10. The summed E-state index contributed by atoms with van der Waals surface area (Å²) in [6, 6.07) is 0. The summed E-state index contributed by atoms with van der Waals surface area (Å²) in [7, 11) is 0. The lowest BCUT2D eigenvalue weighted by atomic mass is 10.2. The number of aromatic carboxylic acids is 1. The lowest BCUT2D eigenvalue weighted by molar-refractivity contribution is 0.0634. The van der Waals surface area contributed by atoms with E-state index in [0.29, 0.717) is 0 Å². The van der Waals surface area contributed by atoms with Gasteiger partial charge in [0.25, 0.3) is 0 Å². The molecule has 94 valence electrons. The number of carboxylic acid groups (broad SMARTS) is 1. The Balaban J connectivity index is 2.73. The van der Waals surface area contributed by atoms with E-state index in [-0.39, 0.29) is 14.6 Å². The molecule has 0 aliphatic carbocycles. The Bertz CT molecular complexity index is 452. The van der Waals surface area contributed by atoms with E-state index < -0.39 is 17.7 Å². The Labute approximate surface area is 110 Å². The van der Waals surface area contributed by atoms with Crippen LogP contribution in [0.3, 0.4) is 0 Å². The number of rotatable bonds is 2. The SMILES string of the molecule is CC(C)(C)OC(=O)Nc1nc(Br)c(C(=O)O)s1. The van der Waals surface area contributed by atoms with Crippen LogP contribution in [-0.4, -0.2) is 27.8 Å². The molecule has 0 saturated heterocycles. The van der Waals surface area contributed by atoms with Crippen LogP contribution in [0.5, 0.6) is 0 Å². The molecular weight excluding hydrogens is 312 g/mol. The number of hydrogen-bond donors (Lipinski definition) is 2. The summed E-state index contributed by atoms with van der Waals surface area (Å²) >= 11 is 3.85. The van der Waals surface area contributed by atoms with Crippen molar-refractivity contribution in [3.05, 3.63) is 9.48 Å². The van der Waals surface area contributed by atoms with Crippen LogP contribution in [0.15, 0.2) is 4.60 Å². The zero-order valence-corrected chi connectivity index (χ0v) is 11.8. The first-order chi connectivity index (χ1) is 7.69. The summed E-state index contributed by atoms with van der Waals surface area (Å²) in [5.41, 5.74) is -0.617. The zero-order chi connectivity index (χ0) is 13.2. The number of carbonyl (C=O) groups is 2. The lowest BCUT2D eigenvalue weighted by Gasteiger charge is -2.18. The van der Waals surface area contributed by atoms with Crippen molar-refractivity contribution in [2.75, 3.05) is 5.32 Å². The second kappa shape index (κ2) is 5.01. The predicted octanol–water partition coefficient (Wildman–Crippen LogP) is 2.95. The first-order valence-electron chi connectivity index (χ1n) is 4.58. The monoisotopic (exact) mass is 322 g/mol. The molecule has 6 nitrogen and oxygen atoms in total. The molecule has 1 rings (SSSR count). The van der Waals surface area contributed by atoms with Crippen LogP contribution < -0.4 is 5.32 Å². The maximum atomic E-state index is 11.4. The predicted molar refractivity (Wildman–Crippen MR) is 66.6 cm³/mol. The third kappa shape index (κ3) is 4.31. The van der Waals surface area contributed by atoms with Crippen molar-refractivity contribution >= 4 is 44.5 Å². The Hall–Kier alpha value is -1.15. The Morgan fingerprint density at radius 2 is 2.06 bits per heavy atom. The number of nitrogens with zero attached hydrogens (tertiary/aromatic N) is 1. The smallest absolute Gasteiger partial charge is 0.413 e. The third-order valence-electron chi connectivity index (χ3n) is 1.39. The number of nitrogens with one attached hydrogen (secondary N) is 1. The van der Waals surface area contributed by atoms with E-state index in [9.17, 15) is 9.59 Å². The minimum Gasteiger partial charge on any atom is -0.477 e. The molecule has 0 fully saturated rings. The van der Waals surface area contributed by atoms with E-state index in [0.717, 1.165) is 11.3 Å². The van der Waals surface area contributed by atoms with Gasteiger partial charge in [-0.1, -0.05) is 11.3 Å².